The van der Waals surface area contributed by atoms with Gasteiger partial charge in [0.15, 0.2) is 0 Å². The molecule has 6 heavy (non-hydrogen) atoms. The second kappa shape index (κ2) is 3.11. The van der Waals surface area contributed by atoms with Gasteiger partial charge in [-0.05, 0) is 0 Å². The van der Waals surface area contributed by atoms with Gasteiger partial charge in [0.05, 0.1) is 0 Å². The Hall–Kier alpha value is -0.0951. The van der Waals surface area contributed by atoms with Crippen LogP contribution in [0.3, 0.4) is 0 Å². The SMILES string of the molecule is COB(O)OO. The van der Waals surface area contributed by atoms with Gasteiger partial charge in [0.2, 0.25) is 0 Å². The van der Waals surface area contributed by atoms with Crippen molar-refractivity contribution in [1.29, 1.82) is 0 Å². The van der Waals surface area contributed by atoms with E-state index in [0.29, 0.717) is 0 Å². The maximum atomic E-state index is 7.97. The molecular weight excluding hydrogens is 86.8 g/mol. The van der Waals surface area contributed by atoms with E-state index in [1.165, 1.54) is 7.11 Å². The fourth-order valence-corrected chi connectivity index (χ4v) is 0.0430. The van der Waals surface area contributed by atoms with Gasteiger partial charge in [0, 0.05) is 7.11 Å². The summed E-state index contributed by atoms with van der Waals surface area (Å²) in [6.45, 7) is 0. The molecule has 0 unspecified atom stereocenters. The van der Waals surface area contributed by atoms with Crippen molar-refractivity contribution in [3.05, 3.63) is 0 Å². The predicted octanol–water partition coefficient (Wildman–Crippen LogP) is -0.900. The maximum Gasteiger partial charge on any atom is 0.664 e. The Balaban J connectivity index is 2.75. The monoisotopic (exact) mass is 92.0 g/mol. The van der Waals surface area contributed by atoms with Crippen LogP contribution in [0.4, 0.5) is 0 Å². The zero-order valence-electron chi connectivity index (χ0n) is 3.29. The summed E-state index contributed by atoms with van der Waals surface area (Å²) in [4.78, 5) is 3.23. The van der Waals surface area contributed by atoms with E-state index in [9.17, 15) is 0 Å². The minimum Gasteiger partial charge on any atom is -0.400 e. The van der Waals surface area contributed by atoms with Crippen molar-refractivity contribution in [1.82, 2.24) is 0 Å². The van der Waals surface area contributed by atoms with Crippen LogP contribution < -0.4 is 0 Å². The Kier molecular flexibility index (Phi) is 3.06. The van der Waals surface area contributed by atoms with Crippen molar-refractivity contribution < 1.29 is 19.7 Å². The van der Waals surface area contributed by atoms with Crippen LogP contribution in [0.5, 0.6) is 0 Å². The zero-order valence-corrected chi connectivity index (χ0v) is 3.29. The summed E-state index contributed by atoms with van der Waals surface area (Å²) < 4.78 is 3.98. The van der Waals surface area contributed by atoms with Gasteiger partial charge in [-0.15, -0.1) is 0 Å². The van der Waals surface area contributed by atoms with Crippen LogP contribution >= 0.6 is 0 Å². The summed E-state index contributed by atoms with van der Waals surface area (Å²) in [5.74, 6) is 0. The highest BCUT2D eigenvalue weighted by Gasteiger charge is 2.09. The molecule has 0 rings (SSSR count). The quantitative estimate of drug-likeness (QED) is 0.263. The fraction of sp³-hybridized carbons (Fsp3) is 1.00. The van der Waals surface area contributed by atoms with Gasteiger partial charge in [-0.25, -0.2) is 4.81 Å². The average molecular weight is 91.9 g/mol. The van der Waals surface area contributed by atoms with Gasteiger partial charge in [0.25, 0.3) is 0 Å². The molecule has 0 aliphatic rings. The van der Waals surface area contributed by atoms with Gasteiger partial charge >= 0.3 is 7.32 Å². The van der Waals surface area contributed by atoms with E-state index in [4.69, 9.17) is 10.3 Å². The molecule has 0 heterocycles. The van der Waals surface area contributed by atoms with Crippen molar-refractivity contribution in [2.75, 3.05) is 7.11 Å². The molecule has 0 aliphatic heterocycles. The minimum absolute atomic E-state index is 1.20. The lowest BCUT2D eigenvalue weighted by Crippen LogP contribution is -2.17. The van der Waals surface area contributed by atoms with Gasteiger partial charge in [-0.1, -0.05) is 0 Å². The zero-order chi connectivity index (χ0) is 4.99. The third-order valence-electron chi connectivity index (χ3n) is 0.292. The molecule has 0 fully saturated rings. The largest absolute Gasteiger partial charge is 0.664 e. The second-order valence-electron chi connectivity index (χ2n) is 0.648. The Bertz CT molecular complexity index is 26.7. The van der Waals surface area contributed by atoms with Crippen LogP contribution in [0, 0.1) is 0 Å². The normalized spacial score (nSPS) is 8.50. The lowest BCUT2D eigenvalue weighted by atomic mass is 10.3. The Morgan fingerprint density at radius 1 is 1.67 bits per heavy atom. The molecule has 5 heteroatoms. The van der Waals surface area contributed by atoms with Gasteiger partial charge in [-0.2, -0.15) is 0 Å². The molecule has 4 nitrogen and oxygen atoms in total. The molecule has 2 N–H and O–H groups in total. The molecular formula is CH5BO4. The summed E-state index contributed by atoms with van der Waals surface area (Å²) in [5, 5.41) is 15.4. The molecule has 0 spiro atoms. The molecule has 36 valence electrons. The van der Waals surface area contributed by atoms with Crippen molar-refractivity contribution in [3.8, 4) is 0 Å². The van der Waals surface area contributed by atoms with Crippen LogP contribution in [0.25, 0.3) is 0 Å². The van der Waals surface area contributed by atoms with E-state index in [1.807, 2.05) is 0 Å². The summed E-state index contributed by atoms with van der Waals surface area (Å²) in [5.41, 5.74) is 0. The maximum absolute atomic E-state index is 7.97. The molecule has 0 saturated heterocycles. The molecule has 0 aromatic rings. The summed E-state index contributed by atoms with van der Waals surface area (Å²) >= 11 is 0. The van der Waals surface area contributed by atoms with Crippen LogP contribution in [-0.2, 0) is 9.46 Å². The van der Waals surface area contributed by atoms with E-state index in [2.05, 4.69) is 9.46 Å². The van der Waals surface area contributed by atoms with Crippen molar-refractivity contribution >= 4 is 7.32 Å². The molecule has 0 aliphatic carbocycles. The first-order chi connectivity index (χ1) is 2.81. The standard InChI is InChI=1S/CH5BO4/c1-5-2(3)6-4/h3-4H,1H3. The van der Waals surface area contributed by atoms with E-state index in [-0.39, 0.29) is 0 Å². The molecule has 0 bridgehead atoms. The smallest absolute Gasteiger partial charge is 0.400 e. The first-order valence-electron chi connectivity index (χ1n) is 1.32. The summed E-state index contributed by atoms with van der Waals surface area (Å²) in [6, 6.07) is 0. The van der Waals surface area contributed by atoms with Crippen molar-refractivity contribution in [2.45, 2.75) is 0 Å². The lowest BCUT2D eigenvalue weighted by Gasteiger charge is -1.91. The van der Waals surface area contributed by atoms with E-state index < -0.39 is 7.32 Å². The highest BCUT2D eigenvalue weighted by atomic mass is 17.1. The van der Waals surface area contributed by atoms with E-state index in [0.717, 1.165) is 0 Å². The van der Waals surface area contributed by atoms with Gasteiger partial charge in [0.1, 0.15) is 0 Å². The second-order valence-corrected chi connectivity index (χ2v) is 0.648. The van der Waals surface area contributed by atoms with Crippen LogP contribution in [-0.4, -0.2) is 24.7 Å². The van der Waals surface area contributed by atoms with E-state index in [1.54, 1.807) is 0 Å². The Labute approximate surface area is 35.4 Å². The fourth-order valence-electron chi connectivity index (χ4n) is 0.0430. The Morgan fingerprint density at radius 2 is 2.17 bits per heavy atom. The van der Waals surface area contributed by atoms with Crippen LogP contribution in [0.15, 0.2) is 0 Å². The molecule has 0 saturated carbocycles. The number of hydrogen-bond acceptors (Lipinski definition) is 4. The van der Waals surface area contributed by atoms with Crippen molar-refractivity contribution in [2.24, 2.45) is 0 Å². The third kappa shape index (κ3) is 2.16. The molecule has 0 amide bonds. The highest BCUT2D eigenvalue weighted by Crippen LogP contribution is 1.71. The lowest BCUT2D eigenvalue weighted by molar-refractivity contribution is -0.175. The molecule has 0 radical (unpaired) electrons. The predicted molar refractivity (Wildman–Crippen MR) is 18.7 cm³/mol. The Morgan fingerprint density at radius 3 is 2.17 bits per heavy atom. The average Bonchev–Trinajstić information content (AvgIpc) is 1.65. The first-order valence-corrected chi connectivity index (χ1v) is 1.32. The highest BCUT2D eigenvalue weighted by molar-refractivity contribution is 6.33. The summed E-state index contributed by atoms with van der Waals surface area (Å²) in [7, 11) is -0.314. The molecule has 0 aromatic carbocycles. The number of rotatable bonds is 2. The van der Waals surface area contributed by atoms with Gasteiger partial charge in [-0.3, -0.25) is 5.26 Å². The summed E-state index contributed by atoms with van der Waals surface area (Å²) in [6.07, 6.45) is 0. The van der Waals surface area contributed by atoms with Crippen molar-refractivity contribution in [3.63, 3.8) is 0 Å². The first kappa shape index (κ1) is 5.90. The van der Waals surface area contributed by atoms with Crippen LogP contribution in [0.2, 0.25) is 0 Å². The minimum atomic E-state index is -1.51. The van der Waals surface area contributed by atoms with E-state index >= 15 is 0 Å². The molecule has 0 aromatic heterocycles. The van der Waals surface area contributed by atoms with Gasteiger partial charge < -0.3 is 9.68 Å². The molecule has 0 atom stereocenters. The van der Waals surface area contributed by atoms with Crippen LogP contribution in [0.1, 0.15) is 0 Å². The number of hydrogen-bond donors (Lipinski definition) is 2. The third-order valence-corrected chi connectivity index (χ3v) is 0.292. The topological polar surface area (TPSA) is 58.9 Å².